The highest BCUT2D eigenvalue weighted by Gasteiger charge is 2.46. The number of halogens is 1. The minimum Gasteiger partial charge on any atom is -0.465 e. The van der Waals surface area contributed by atoms with Crippen LogP contribution >= 0.6 is 11.8 Å². The monoisotopic (exact) mass is 535 g/mol. The summed E-state index contributed by atoms with van der Waals surface area (Å²) in [6.07, 6.45) is 9.28. The number of aromatic nitrogens is 5. The van der Waals surface area contributed by atoms with Gasteiger partial charge in [-0.25, -0.2) is 19.2 Å². The van der Waals surface area contributed by atoms with Crippen LogP contribution in [-0.4, -0.2) is 69.1 Å². The van der Waals surface area contributed by atoms with Crippen LogP contribution in [0.25, 0.3) is 22.3 Å². The van der Waals surface area contributed by atoms with Gasteiger partial charge in [-0.1, -0.05) is 0 Å². The summed E-state index contributed by atoms with van der Waals surface area (Å²) in [5, 5.41) is 15.0. The highest BCUT2D eigenvalue weighted by Crippen LogP contribution is 2.38. The van der Waals surface area contributed by atoms with Gasteiger partial charge < -0.3 is 18.9 Å². The summed E-state index contributed by atoms with van der Waals surface area (Å²) < 4.78 is 28.9. The molecule has 1 saturated heterocycles. The van der Waals surface area contributed by atoms with Crippen molar-refractivity contribution < 1.29 is 18.7 Å². The Bertz CT molecular complexity index is 1510. The lowest BCUT2D eigenvalue weighted by molar-refractivity contribution is 0.0600. The third-order valence-electron chi connectivity index (χ3n) is 6.65. The highest BCUT2D eigenvalue weighted by molar-refractivity contribution is 7.98. The van der Waals surface area contributed by atoms with Crippen molar-refractivity contribution in [2.75, 3.05) is 43.7 Å². The van der Waals surface area contributed by atoms with Gasteiger partial charge in [0.2, 0.25) is 0 Å². The fourth-order valence-corrected chi connectivity index (χ4v) is 4.96. The Kier molecular flexibility index (Phi) is 7.31. The minimum atomic E-state index is -0.621. The lowest BCUT2D eigenvalue weighted by Gasteiger charge is -2.50. The first-order valence-corrected chi connectivity index (χ1v) is 13.3. The van der Waals surface area contributed by atoms with Gasteiger partial charge >= 0.3 is 5.97 Å². The number of thioether (sulfide) groups is 1. The Morgan fingerprint density at radius 1 is 1.29 bits per heavy atom. The number of carbonyl (C=O) groups excluding carboxylic acids is 1. The molecule has 0 spiro atoms. The molecule has 10 nitrogen and oxygen atoms in total. The van der Waals surface area contributed by atoms with Gasteiger partial charge in [0, 0.05) is 42.2 Å². The second-order valence-corrected chi connectivity index (χ2v) is 10.0. The summed E-state index contributed by atoms with van der Waals surface area (Å²) in [6.45, 7) is 1.83. The molecule has 196 valence electrons. The van der Waals surface area contributed by atoms with Crippen LogP contribution in [0.4, 0.5) is 10.1 Å². The van der Waals surface area contributed by atoms with Crippen molar-refractivity contribution in [2.45, 2.75) is 18.7 Å². The number of benzene rings is 1. The van der Waals surface area contributed by atoms with Gasteiger partial charge in [-0.2, -0.15) is 22.1 Å². The molecule has 38 heavy (non-hydrogen) atoms. The number of methoxy groups -OCH3 is 1. The Hall–Kier alpha value is -3.95. The van der Waals surface area contributed by atoms with Crippen LogP contribution in [0.1, 0.15) is 16.8 Å². The number of carbonyl (C=O) groups is 1. The van der Waals surface area contributed by atoms with E-state index in [0.717, 1.165) is 34.1 Å². The molecule has 3 aromatic heterocycles. The van der Waals surface area contributed by atoms with Crippen LogP contribution in [0.2, 0.25) is 0 Å². The maximum atomic E-state index is 14.8. The van der Waals surface area contributed by atoms with Crippen LogP contribution < -0.4 is 4.90 Å². The van der Waals surface area contributed by atoms with Crippen LogP contribution in [-0.2, 0) is 21.7 Å². The van der Waals surface area contributed by atoms with Gasteiger partial charge in [0.25, 0.3) is 0 Å². The number of esters is 1. The van der Waals surface area contributed by atoms with Crippen molar-refractivity contribution in [1.29, 1.82) is 5.26 Å². The zero-order valence-electron chi connectivity index (χ0n) is 21.0. The summed E-state index contributed by atoms with van der Waals surface area (Å²) in [7, 11) is 1.25. The molecule has 1 aliphatic rings. The standard InChI is InChI=1S/C26H26FN7O3S/c1-36-25(35)18-3-4-22(21(27)11-18)33-14-26(15-33,6-7-28)34-13-19(12-31-34)23-20-5-8-32(17-37-9-10-38-2)24(20)30-16-29-23/h3-5,8,11-13,16H,6,9-10,14-15,17H2,1-2H3. The molecule has 4 aromatic rings. The molecule has 1 aliphatic heterocycles. The molecular formula is C26H26FN7O3S. The minimum absolute atomic E-state index is 0.144. The Balaban J connectivity index is 1.37. The molecule has 4 heterocycles. The molecular weight excluding hydrogens is 509 g/mol. The van der Waals surface area contributed by atoms with Crippen molar-refractivity contribution >= 4 is 34.5 Å². The number of nitrogens with zero attached hydrogens (tertiary/aromatic N) is 7. The van der Waals surface area contributed by atoms with E-state index in [0.29, 0.717) is 32.1 Å². The number of ether oxygens (including phenoxy) is 2. The Morgan fingerprint density at radius 2 is 2.13 bits per heavy atom. The molecule has 0 bridgehead atoms. The molecule has 1 aromatic carbocycles. The molecule has 0 atom stereocenters. The fraction of sp³-hybridized carbons (Fsp3) is 0.346. The summed E-state index contributed by atoms with van der Waals surface area (Å²) in [5.41, 5.74) is 2.17. The van der Waals surface area contributed by atoms with Gasteiger partial charge in [-0.15, -0.1) is 0 Å². The molecule has 0 radical (unpaired) electrons. The van der Waals surface area contributed by atoms with E-state index in [2.05, 4.69) is 25.9 Å². The largest absolute Gasteiger partial charge is 0.465 e. The third kappa shape index (κ3) is 4.70. The lowest BCUT2D eigenvalue weighted by atomic mass is 9.86. The average Bonchev–Trinajstić information content (AvgIpc) is 3.56. The van der Waals surface area contributed by atoms with E-state index >= 15 is 0 Å². The summed E-state index contributed by atoms with van der Waals surface area (Å²) in [5.74, 6) is -0.199. The van der Waals surface area contributed by atoms with Gasteiger partial charge in [0.1, 0.15) is 30.1 Å². The fourth-order valence-electron chi connectivity index (χ4n) is 4.68. The topological polar surface area (TPSA) is 111 Å². The van der Waals surface area contributed by atoms with Gasteiger partial charge in [0.05, 0.1) is 49.3 Å². The van der Waals surface area contributed by atoms with Crippen molar-refractivity contribution in [3.05, 3.63) is 60.6 Å². The van der Waals surface area contributed by atoms with E-state index in [1.54, 1.807) is 28.7 Å². The van der Waals surface area contributed by atoms with E-state index in [1.165, 1.54) is 19.5 Å². The molecule has 1 fully saturated rings. The lowest BCUT2D eigenvalue weighted by Crippen LogP contribution is -2.63. The maximum Gasteiger partial charge on any atom is 0.337 e. The number of nitriles is 1. The van der Waals surface area contributed by atoms with Crippen molar-refractivity contribution in [3.63, 3.8) is 0 Å². The first kappa shape index (κ1) is 25.7. The third-order valence-corrected chi connectivity index (χ3v) is 7.22. The summed E-state index contributed by atoms with van der Waals surface area (Å²) in [6, 6.07) is 8.45. The van der Waals surface area contributed by atoms with Gasteiger partial charge in [-0.3, -0.25) is 4.68 Å². The zero-order chi connectivity index (χ0) is 26.7. The molecule has 5 rings (SSSR count). The second-order valence-electron chi connectivity index (χ2n) is 9.02. The summed E-state index contributed by atoms with van der Waals surface area (Å²) >= 11 is 1.73. The Labute approximate surface area is 223 Å². The van der Waals surface area contributed by atoms with Crippen LogP contribution in [0, 0.1) is 17.1 Å². The normalized spacial score (nSPS) is 14.3. The Morgan fingerprint density at radius 3 is 2.87 bits per heavy atom. The molecule has 0 saturated carbocycles. The van der Waals surface area contributed by atoms with E-state index in [1.807, 2.05) is 34.2 Å². The van der Waals surface area contributed by atoms with Crippen LogP contribution in [0.15, 0.2) is 49.2 Å². The maximum absolute atomic E-state index is 14.8. The molecule has 12 heteroatoms. The average molecular weight is 536 g/mol. The predicted molar refractivity (Wildman–Crippen MR) is 141 cm³/mol. The van der Waals surface area contributed by atoms with E-state index < -0.39 is 17.3 Å². The zero-order valence-corrected chi connectivity index (χ0v) is 21.8. The number of anilines is 1. The smallest absolute Gasteiger partial charge is 0.337 e. The molecule has 0 amide bonds. The SMILES string of the molecule is COC(=O)c1ccc(N2CC(CC#N)(n3cc(-c4ncnc5c4ccn5COCCSC)cn3)C2)c(F)c1. The van der Waals surface area contributed by atoms with Crippen molar-refractivity contribution in [3.8, 4) is 17.3 Å². The van der Waals surface area contributed by atoms with Gasteiger partial charge in [-0.05, 0) is 30.5 Å². The summed E-state index contributed by atoms with van der Waals surface area (Å²) in [4.78, 5) is 22.5. The van der Waals surface area contributed by atoms with E-state index in [-0.39, 0.29) is 12.0 Å². The van der Waals surface area contributed by atoms with Gasteiger partial charge in [0.15, 0.2) is 0 Å². The predicted octanol–water partition coefficient (Wildman–Crippen LogP) is 3.69. The van der Waals surface area contributed by atoms with Crippen LogP contribution in [0.5, 0.6) is 0 Å². The quantitative estimate of drug-likeness (QED) is 0.222. The first-order valence-electron chi connectivity index (χ1n) is 11.9. The van der Waals surface area contributed by atoms with E-state index in [9.17, 15) is 14.4 Å². The highest BCUT2D eigenvalue weighted by atomic mass is 32.2. The first-order chi connectivity index (χ1) is 18.5. The number of hydrogen-bond acceptors (Lipinski definition) is 9. The molecule has 0 aliphatic carbocycles. The van der Waals surface area contributed by atoms with Crippen molar-refractivity contribution in [1.82, 2.24) is 24.3 Å². The number of fused-ring (bicyclic) bond motifs is 1. The molecule has 0 unspecified atom stereocenters. The van der Waals surface area contributed by atoms with E-state index in [4.69, 9.17) is 4.74 Å². The van der Waals surface area contributed by atoms with Crippen LogP contribution in [0.3, 0.4) is 0 Å². The molecule has 0 N–H and O–H groups in total. The van der Waals surface area contributed by atoms with Crippen molar-refractivity contribution in [2.24, 2.45) is 0 Å². The number of hydrogen-bond donors (Lipinski definition) is 0. The second kappa shape index (κ2) is 10.8. The number of rotatable bonds is 10.